The topological polar surface area (TPSA) is 113 Å². The van der Waals surface area contributed by atoms with E-state index >= 15 is 0 Å². The molecule has 1 aromatic carbocycles. The highest BCUT2D eigenvalue weighted by Crippen LogP contribution is 2.29. The number of hydrogen-bond acceptors (Lipinski definition) is 7. The molecule has 0 aliphatic heterocycles. The molecular weight excluding hydrogens is 408 g/mol. The van der Waals surface area contributed by atoms with Crippen molar-refractivity contribution in [3.8, 4) is 0 Å². The fourth-order valence-electron chi connectivity index (χ4n) is 4.60. The molecule has 2 N–H and O–H groups in total. The van der Waals surface area contributed by atoms with E-state index in [0.29, 0.717) is 11.5 Å². The number of anilines is 2. The van der Waals surface area contributed by atoms with E-state index < -0.39 is 4.92 Å². The van der Waals surface area contributed by atoms with Gasteiger partial charge < -0.3 is 15.5 Å². The first-order valence-corrected chi connectivity index (χ1v) is 11.3. The number of aryl methyl sites for hydroxylation is 1. The fraction of sp³-hybridized carbons (Fsp3) is 0.522. The van der Waals surface area contributed by atoms with Gasteiger partial charge in [-0.15, -0.1) is 0 Å². The van der Waals surface area contributed by atoms with Crippen LogP contribution in [-0.2, 0) is 12.8 Å². The molecule has 1 fully saturated rings. The molecule has 0 spiro atoms. The first-order valence-electron chi connectivity index (χ1n) is 11.3. The van der Waals surface area contributed by atoms with E-state index in [1.165, 1.54) is 36.6 Å². The number of rotatable bonds is 6. The lowest BCUT2D eigenvalue weighted by molar-refractivity contribution is -0.384. The number of hydrogen-bond donors (Lipinski definition) is 2. The Morgan fingerprint density at radius 2 is 1.81 bits per heavy atom. The molecule has 0 radical (unpaired) electrons. The van der Waals surface area contributed by atoms with Crippen molar-refractivity contribution in [1.29, 1.82) is 0 Å². The van der Waals surface area contributed by atoms with Gasteiger partial charge in [-0.1, -0.05) is 6.07 Å². The Balaban J connectivity index is 1.34. The Kier molecular flexibility index (Phi) is 6.53. The van der Waals surface area contributed by atoms with Crippen LogP contribution in [0.25, 0.3) is 0 Å². The summed E-state index contributed by atoms with van der Waals surface area (Å²) in [6.07, 6.45) is 7.88. The van der Waals surface area contributed by atoms with Crippen LogP contribution in [0, 0.1) is 10.1 Å². The standard InChI is InChI=1S/C23H30N6O3/c1-28(2)21-19-8-3-4-9-20(19)26-23(27-21)25-17-12-10-16(11-13-17)24-22(30)15-6-5-7-18(14-15)29(31)32/h5-7,14,16-17H,3-4,8-13H2,1-2H3,(H,24,30)(H,25,26,27). The van der Waals surface area contributed by atoms with Crippen LogP contribution >= 0.6 is 0 Å². The number of non-ortho nitro benzene ring substituents is 1. The maximum absolute atomic E-state index is 12.5. The lowest BCUT2D eigenvalue weighted by Crippen LogP contribution is -2.40. The van der Waals surface area contributed by atoms with Crippen molar-refractivity contribution in [3.05, 3.63) is 51.2 Å². The van der Waals surface area contributed by atoms with Crippen LogP contribution in [0.1, 0.15) is 60.1 Å². The molecule has 170 valence electrons. The first kappa shape index (κ1) is 22.0. The number of amides is 1. The van der Waals surface area contributed by atoms with Gasteiger partial charge in [0.25, 0.3) is 11.6 Å². The van der Waals surface area contributed by atoms with E-state index in [4.69, 9.17) is 9.97 Å². The predicted octanol–water partition coefficient (Wildman–Crippen LogP) is 3.48. The summed E-state index contributed by atoms with van der Waals surface area (Å²) in [5.41, 5.74) is 2.68. The molecule has 0 bridgehead atoms. The molecule has 0 atom stereocenters. The average molecular weight is 439 g/mol. The summed E-state index contributed by atoms with van der Waals surface area (Å²) >= 11 is 0. The largest absolute Gasteiger partial charge is 0.362 e. The Morgan fingerprint density at radius 3 is 2.53 bits per heavy atom. The van der Waals surface area contributed by atoms with Crippen molar-refractivity contribution < 1.29 is 9.72 Å². The molecule has 1 amide bonds. The van der Waals surface area contributed by atoms with Crippen molar-refractivity contribution in [2.24, 2.45) is 0 Å². The van der Waals surface area contributed by atoms with Gasteiger partial charge in [-0.25, -0.2) is 4.98 Å². The highest BCUT2D eigenvalue weighted by atomic mass is 16.6. The van der Waals surface area contributed by atoms with Gasteiger partial charge in [-0.3, -0.25) is 14.9 Å². The molecule has 1 saturated carbocycles. The van der Waals surface area contributed by atoms with E-state index in [0.717, 1.165) is 50.0 Å². The van der Waals surface area contributed by atoms with Crippen molar-refractivity contribution >= 4 is 23.4 Å². The minimum absolute atomic E-state index is 0.0570. The lowest BCUT2D eigenvalue weighted by atomic mass is 9.91. The van der Waals surface area contributed by atoms with Crippen molar-refractivity contribution in [2.45, 2.75) is 63.5 Å². The molecule has 0 unspecified atom stereocenters. The molecule has 2 aromatic rings. The molecule has 4 rings (SSSR count). The van der Waals surface area contributed by atoms with E-state index in [1.807, 2.05) is 14.1 Å². The zero-order chi connectivity index (χ0) is 22.7. The zero-order valence-electron chi connectivity index (χ0n) is 18.6. The monoisotopic (exact) mass is 438 g/mol. The van der Waals surface area contributed by atoms with Crippen molar-refractivity contribution in [3.63, 3.8) is 0 Å². The smallest absolute Gasteiger partial charge is 0.270 e. The molecule has 9 nitrogen and oxygen atoms in total. The van der Waals surface area contributed by atoms with Crippen LogP contribution in [-0.4, -0.2) is 47.0 Å². The van der Waals surface area contributed by atoms with Gasteiger partial charge in [0.15, 0.2) is 0 Å². The van der Waals surface area contributed by atoms with E-state index in [9.17, 15) is 14.9 Å². The normalized spacial score (nSPS) is 20.2. The van der Waals surface area contributed by atoms with Crippen LogP contribution < -0.4 is 15.5 Å². The third-order valence-corrected chi connectivity index (χ3v) is 6.30. The number of fused-ring (bicyclic) bond motifs is 1. The molecule has 32 heavy (non-hydrogen) atoms. The molecule has 0 saturated heterocycles. The number of benzene rings is 1. The Morgan fingerprint density at radius 1 is 1.09 bits per heavy atom. The average Bonchev–Trinajstić information content (AvgIpc) is 2.79. The van der Waals surface area contributed by atoms with E-state index in [-0.39, 0.29) is 23.7 Å². The summed E-state index contributed by atoms with van der Waals surface area (Å²) in [6.45, 7) is 0. The van der Waals surface area contributed by atoms with Gasteiger partial charge in [0.05, 0.1) is 10.6 Å². The number of carbonyl (C=O) groups excluding carboxylic acids is 1. The quantitative estimate of drug-likeness (QED) is 0.524. The molecule has 2 aliphatic carbocycles. The number of nitrogens with zero attached hydrogens (tertiary/aromatic N) is 4. The fourth-order valence-corrected chi connectivity index (χ4v) is 4.60. The van der Waals surface area contributed by atoms with Crippen LogP contribution in [0.3, 0.4) is 0 Å². The van der Waals surface area contributed by atoms with Crippen molar-refractivity contribution in [1.82, 2.24) is 15.3 Å². The predicted molar refractivity (Wildman–Crippen MR) is 123 cm³/mol. The summed E-state index contributed by atoms with van der Waals surface area (Å²) in [6, 6.07) is 6.16. The van der Waals surface area contributed by atoms with Gasteiger partial charge in [-0.05, 0) is 57.4 Å². The Bertz CT molecular complexity index is 1000. The summed E-state index contributed by atoms with van der Waals surface area (Å²) in [5.74, 6) is 1.44. The summed E-state index contributed by atoms with van der Waals surface area (Å²) in [7, 11) is 4.05. The SMILES string of the molecule is CN(C)c1nc(NC2CCC(NC(=O)c3cccc([N+](=O)[O-])c3)CC2)nc2c1CCCC2. The highest BCUT2D eigenvalue weighted by molar-refractivity contribution is 5.95. The first-order chi connectivity index (χ1) is 15.4. The summed E-state index contributed by atoms with van der Waals surface area (Å²) in [4.78, 5) is 34.6. The minimum atomic E-state index is -0.488. The van der Waals surface area contributed by atoms with E-state index in [2.05, 4.69) is 15.5 Å². The molecular formula is C23H30N6O3. The molecule has 9 heteroatoms. The van der Waals surface area contributed by atoms with Gasteiger partial charge in [0, 0.05) is 49.4 Å². The Labute approximate surface area is 187 Å². The van der Waals surface area contributed by atoms with Gasteiger partial charge in [0.2, 0.25) is 5.95 Å². The second-order valence-corrected chi connectivity index (χ2v) is 8.87. The van der Waals surface area contributed by atoms with E-state index in [1.54, 1.807) is 6.07 Å². The number of nitro groups is 1. The number of nitro benzene ring substituents is 1. The third kappa shape index (κ3) is 4.98. The van der Waals surface area contributed by atoms with Crippen LogP contribution in [0.5, 0.6) is 0 Å². The third-order valence-electron chi connectivity index (χ3n) is 6.30. The van der Waals surface area contributed by atoms with Crippen molar-refractivity contribution in [2.75, 3.05) is 24.3 Å². The second kappa shape index (κ2) is 9.50. The molecule has 1 aromatic heterocycles. The summed E-state index contributed by atoms with van der Waals surface area (Å²) in [5, 5.41) is 17.5. The number of aromatic nitrogens is 2. The van der Waals surface area contributed by atoms with Gasteiger partial charge in [0.1, 0.15) is 5.82 Å². The molecule has 1 heterocycles. The summed E-state index contributed by atoms with van der Waals surface area (Å²) < 4.78 is 0. The maximum Gasteiger partial charge on any atom is 0.270 e. The van der Waals surface area contributed by atoms with Crippen LogP contribution in [0.4, 0.5) is 17.5 Å². The minimum Gasteiger partial charge on any atom is -0.362 e. The number of nitrogens with one attached hydrogen (secondary N) is 2. The zero-order valence-corrected chi connectivity index (χ0v) is 18.6. The van der Waals surface area contributed by atoms with Gasteiger partial charge in [-0.2, -0.15) is 4.98 Å². The maximum atomic E-state index is 12.5. The van der Waals surface area contributed by atoms with Crippen LogP contribution in [0.2, 0.25) is 0 Å². The molecule has 2 aliphatic rings. The highest BCUT2D eigenvalue weighted by Gasteiger charge is 2.25. The Hall–Kier alpha value is -3.23. The van der Waals surface area contributed by atoms with Crippen LogP contribution in [0.15, 0.2) is 24.3 Å². The van der Waals surface area contributed by atoms with Gasteiger partial charge >= 0.3 is 0 Å². The second-order valence-electron chi connectivity index (χ2n) is 8.87. The number of carbonyl (C=O) groups is 1. The lowest BCUT2D eigenvalue weighted by Gasteiger charge is -2.30.